The van der Waals surface area contributed by atoms with Gasteiger partial charge in [0.1, 0.15) is 22.8 Å². The number of amides is 1. The van der Waals surface area contributed by atoms with Crippen LogP contribution in [-0.2, 0) is 33.4 Å². The lowest BCUT2D eigenvalue weighted by molar-refractivity contribution is -0.164. The molecule has 9 heteroatoms. The van der Waals surface area contributed by atoms with E-state index in [4.69, 9.17) is 14.2 Å². The van der Waals surface area contributed by atoms with E-state index in [-0.39, 0.29) is 6.42 Å². The molecule has 9 nitrogen and oxygen atoms in total. The molecule has 0 aromatic carbocycles. The third-order valence-corrected chi connectivity index (χ3v) is 2.88. The highest BCUT2D eigenvalue weighted by Crippen LogP contribution is 2.13. The maximum atomic E-state index is 12.4. The lowest BCUT2D eigenvalue weighted by atomic mass is 10.1. The summed E-state index contributed by atoms with van der Waals surface area (Å²) in [5.41, 5.74) is -2.56. The van der Waals surface area contributed by atoms with E-state index in [1.165, 1.54) is 0 Å². The summed E-state index contributed by atoms with van der Waals surface area (Å²) < 4.78 is 15.2. The summed E-state index contributed by atoms with van der Waals surface area (Å²) in [6.07, 6.45) is -1.58. The van der Waals surface area contributed by atoms with Gasteiger partial charge in [-0.15, -0.1) is 0 Å². The molecule has 0 aliphatic heterocycles. The van der Waals surface area contributed by atoms with Gasteiger partial charge in [0.2, 0.25) is 5.78 Å². The van der Waals surface area contributed by atoms with Crippen molar-refractivity contribution < 1.29 is 38.2 Å². The molecule has 0 rings (SSSR count). The zero-order valence-corrected chi connectivity index (χ0v) is 18.8. The SMILES string of the molecule is CC(C)(C)OC(=O)N[C@@H](CCC(=O)C(=O)C(=O)OC(C)(C)C)C(=O)OC(C)(C)C. The first-order valence-electron chi connectivity index (χ1n) is 9.33. The van der Waals surface area contributed by atoms with E-state index < -0.39 is 58.9 Å². The summed E-state index contributed by atoms with van der Waals surface area (Å²) >= 11 is 0. The second-order valence-corrected chi connectivity index (χ2v) is 9.53. The molecule has 0 aromatic rings. The normalized spacial score (nSPS) is 13.1. The van der Waals surface area contributed by atoms with E-state index in [1.54, 1.807) is 62.3 Å². The fourth-order valence-corrected chi connectivity index (χ4v) is 1.90. The van der Waals surface area contributed by atoms with Gasteiger partial charge in [0.15, 0.2) is 0 Å². The van der Waals surface area contributed by atoms with Gasteiger partial charge < -0.3 is 19.5 Å². The molecule has 29 heavy (non-hydrogen) atoms. The Kier molecular flexibility index (Phi) is 9.01. The van der Waals surface area contributed by atoms with Gasteiger partial charge in [-0.05, 0) is 68.7 Å². The van der Waals surface area contributed by atoms with Crippen molar-refractivity contribution in [2.75, 3.05) is 0 Å². The van der Waals surface area contributed by atoms with E-state index in [0.29, 0.717) is 0 Å². The molecule has 0 spiro atoms. The maximum Gasteiger partial charge on any atom is 0.408 e. The van der Waals surface area contributed by atoms with Gasteiger partial charge in [-0.25, -0.2) is 14.4 Å². The number of rotatable bonds is 7. The van der Waals surface area contributed by atoms with Gasteiger partial charge in [-0.2, -0.15) is 0 Å². The molecular weight excluding hydrogens is 382 g/mol. The van der Waals surface area contributed by atoms with Crippen LogP contribution in [-0.4, -0.2) is 52.4 Å². The van der Waals surface area contributed by atoms with E-state index in [0.717, 1.165) is 0 Å². The number of ether oxygens (including phenoxy) is 3. The number of esters is 2. The van der Waals surface area contributed by atoms with Crippen LogP contribution in [0, 0.1) is 0 Å². The average molecular weight is 415 g/mol. The quantitative estimate of drug-likeness (QED) is 0.291. The molecular formula is C20H33NO8. The van der Waals surface area contributed by atoms with E-state index in [1.807, 2.05) is 0 Å². The lowest BCUT2D eigenvalue weighted by Gasteiger charge is -2.26. The van der Waals surface area contributed by atoms with Gasteiger partial charge in [0.05, 0.1) is 0 Å². The van der Waals surface area contributed by atoms with Gasteiger partial charge >= 0.3 is 23.8 Å². The highest BCUT2D eigenvalue weighted by molar-refractivity contribution is 6.62. The second kappa shape index (κ2) is 9.84. The van der Waals surface area contributed by atoms with Gasteiger partial charge in [-0.3, -0.25) is 9.59 Å². The van der Waals surface area contributed by atoms with Gasteiger partial charge in [-0.1, -0.05) is 0 Å². The standard InChI is InChI=1S/C20H33NO8/c1-18(2,3)27-15(24)12(21-17(26)29-20(7,8)9)10-11-13(22)14(23)16(25)28-19(4,5)6/h12H,10-11H2,1-9H3,(H,21,26)/t12-/m0/s1. The Morgan fingerprint density at radius 2 is 1.17 bits per heavy atom. The molecule has 166 valence electrons. The predicted molar refractivity (Wildman–Crippen MR) is 104 cm³/mol. The fourth-order valence-electron chi connectivity index (χ4n) is 1.90. The smallest absolute Gasteiger partial charge is 0.408 e. The number of carbonyl (C=O) groups is 5. The van der Waals surface area contributed by atoms with Crippen LogP contribution in [0.2, 0.25) is 0 Å². The van der Waals surface area contributed by atoms with Crippen molar-refractivity contribution in [3.8, 4) is 0 Å². The summed E-state index contributed by atoms with van der Waals surface area (Å²) in [4.78, 5) is 60.1. The van der Waals surface area contributed by atoms with Crippen molar-refractivity contribution in [1.29, 1.82) is 0 Å². The summed E-state index contributed by atoms with van der Waals surface area (Å²) in [5, 5.41) is 2.34. The summed E-state index contributed by atoms with van der Waals surface area (Å²) in [6, 6.07) is -1.24. The largest absolute Gasteiger partial charge is 0.458 e. The minimum Gasteiger partial charge on any atom is -0.458 e. The van der Waals surface area contributed by atoms with Gasteiger partial charge in [0.25, 0.3) is 0 Å². The van der Waals surface area contributed by atoms with Crippen LogP contribution in [0.5, 0.6) is 0 Å². The topological polar surface area (TPSA) is 125 Å². The molecule has 0 bridgehead atoms. The van der Waals surface area contributed by atoms with Crippen LogP contribution >= 0.6 is 0 Å². The predicted octanol–water partition coefficient (Wildman–Crippen LogP) is 2.48. The van der Waals surface area contributed by atoms with Crippen LogP contribution < -0.4 is 5.32 Å². The summed E-state index contributed by atoms with van der Waals surface area (Å²) in [5.74, 6) is -4.41. The van der Waals surface area contributed by atoms with E-state index >= 15 is 0 Å². The monoisotopic (exact) mass is 415 g/mol. The third-order valence-electron chi connectivity index (χ3n) is 2.88. The number of hydrogen-bond acceptors (Lipinski definition) is 8. The first-order chi connectivity index (χ1) is 12.8. The van der Waals surface area contributed by atoms with Crippen molar-refractivity contribution in [1.82, 2.24) is 5.32 Å². The molecule has 0 saturated heterocycles. The van der Waals surface area contributed by atoms with E-state index in [2.05, 4.69) is 5.32 Å². The zero-order chi connectivity index (χ0) is 23.2. The first-order valence-corrected chi connectivity index (χ1v) is 9.33. The number of nitrogens with one attached hydrogen (secondary N) is 1. The lowest BCUT2D eigenvalue weighted by Crippen LogP contribution is -2.46. The first kappa shape index (κ1) is 26.6. The molecule has 0 unspecified atom stereocenters. The van der Waals surface area contributed by atoms with Crippen molar-refractivity contribution in [3.05, 3.63) is 0 Å². The average Bonchev–Trinajstić information content (AvgIpc) is 2.44. The van der Waals surface area contributed by atoms with Crippen molar-refractivity contribution in [2.45, 2.75) is 98.0 Å². The van der Waals surface area contributed by atoms with Crippen LogP contribution in [0.25, 0.3) is 0 Å². The second-order valence-electron chi connectivity index (χ2n) is 9.53. The Hall–Kier alpha value is -2.45. The van der Waals surface area contributed by atoms with Crippen molar-refractivity contribution in [3.63, 3.8) is 0 Å². The van der Waals surface area contributed by atoms with Crippen LogP contribution in [0.3, 0.4) is 0 Å². The molecule has 0 heterocycles. The number of alkyl carbamates (subject to hydrolysis) is 1. The third kappa shape index (κ3) is 12.6. The van der Waals surface area contributed by atoms with E-state index in [9.17, 15) is 24.0 Å². The number of hydrogen-bond donors (Lipinski definition) is 1. The Balaban J connectivity index is 5.13. The number of ketones is 2. The summed E-state index contributed by atoms with van der Waals surface area (Å²) in [7, 11) is 0. The van der Waals surface area contributed by atoms with Crippen LogP contribution in [0.4, 0.5) is 4.79 Å². The molecule has 1 N–H and O–H groups in total. The van der Waals surface area contributed by atoms with Crippen molar-refractivity contribution in [2.24, 2.45) is 0 Å². The summed E-state index contributed by atoms with van der Waals surface area (Å²) in [6.45, 7) is 14.6. The highest BCUT2D eigenvalue weighted by Gasteiger charge is 2.32. The molecule has 0 fully saturated rings. The Labute approximate surface area is 171 Å². The molecule has 0 aromatic heterocycles. The molecule has 0 aliphatic carbocycles. The Morgan fingerprint density at radius 3 is 1.59 bits per heavy atom. The van der Waals surface area contributed by atoms with Crippen LogP contribution in [0.1, 0.15) is 75.2 Å². The number of Topliss-reactive ketones (excluding diaryl/α,β-unsaturated/α-hetero) is 2. The van der Waals surface area contributed by atoms with Crippen molar-refractivity contribution >= 4 is 29.6 Å². The molecule has 1 atom stereocenters. The van der Waals surface area contributed by atoms with Gasteiger partial charge in [0, 0.05) is 6.42 Å². The van der Waals surface area contributed by atoms with Crippen LogP contribution in [0.15, 0.2) is 0 Å². The number of carbonyl (C=O) groups excluding carboxylic acids is 5. The fraction of sp³-hybridized carbons (Fsp3) is 0.750. The maximum absolute atomic E-state index is 12.4. The minimum absolute atomic E-state index is 0.248. The Morgan fingerprint density at radius 1 is 0.724 bits per heavy atom. The molecule has 0 radical (unpaired) electrons. The Bertz CT molecular complexity index is 647. The highest BCUT2D eigenvalue weighted by atomic mass is 16.6. The zero-order valence-electron chi connectivity index (χ0n) is 18.8. The molecule has 1 amide bonds. The molecule has 0 saturated carbocycles. The minimum atomic E-state index is -1.32. The molecule has 0 aliphatic rings.